The molecule has 0 aliphatic carbocycles. The Morgan fingerprint density at radius 1 is 1.03 bits per heavy atom. The first-order valence-electron chi connectivity index (χ1n) is 11.2. The number of aromatic nitrogens is 3. The van der Waals surface area contributed by atoms with Crippen molar-refractivity contribution in [2.45, 2.75) is 38.5 Å². The number of nitrogens with zero attached hydrogens (tertiary/aromatic N) is 7. The third kappa shape index (κ3) is 5.38. The summed E-state index contributed by atoms with van der Waals surface area (Å²) in [5.74, 6) is 1.03. The molecule has 0 radical (unpaired) electrons. The zero-order valence-electron chi connectivity index (χ0n) is 18.6. The van der Waals surface area contributed by atoms with E-state index in [-0.39, 0.29) is 5.75 Å². The smallest absolute Gasteiger partial charge is 0.315 e. The molecule has 0 spiro atoms. The van der Waals surface area contributed by atoms with Gasteiger partial charge < -0.3 is 19.6 Å². The maximum atomic E-state index is 11.2. The number of anilines is 3. The Bertz CT molecular complexity index is 983. The maximum absolute atomic E-state index is 11.2. The van der Waals surface area contributed by atoms with E-state index in [1.807, 2.05) is 0 Å². The van der Waals surface area contributed by atoms with Crippen LogP contribution in [0.25, 0.3) is 0 Å². The highest BCUT2D eigenvalue weighted by atomic mass is 16.6. The van der Waals surface area contributed by atoms with E-state index in [1.165, 1.54) is 38.3 Å². The molecule has 2 aliphatic rings. The molecule has 2 fully saturated rings. The number of hydrogen-bond donors (Lipinski definition) is 2. The average Bonchev–Trinajstić information content (AvgIpc) is 2.85. The number of nitrogens with one attached hydrogen (secondary N) is 1. The minimum atomic E-state index is -0.676. The summed E-state index contributed by atoms with van der Waals surface area (Å²) in [6.07, 6.45) is 8.22. The highest BCUT2D eigenvalue weighted by Gasteiger charge is 2.21. The van der Waals surface area contributed by atoms with Gasteiger partial charge in [-0.25, -0.2) is 5.43 Å². The number of piperidine rings is 2. The lowest BCUT2D eigenvalue weighted by atomic mass is 10.1. The van der Waals surface area contributed by atoms with Crippen molar-refractivity contribution in [2.24, 2.45) is 5.10 Å². The van der Waals surface area contributed by atoms with Gasteiger partial charge in [-0.05, 0) is 44.6 Å². The van der Waals surface area contributed by atoms with Crippen LogP contribution in [0, 0.1) is 10.1 Å². The number of aromatic hydroxyl groups is 1. The van der Waals surface area contributed by atoms with Gasteiger partial charge in [0.15, 0.2) is 5.75 Å². The molecule has 0 bridgehead atoms. The minimum absolute atomic E-state index is 0.00872. The summed E-state index contributed by atoms with van der Waals surface area (Å²) >= 11 is 0. The predicted octanol–water partition coefficient (Wildman–Crippen LogP) is 2.92. The number of rotatable bonds is 7. The highest BCUT2D eigenvalue weighted by molar-refractivity contribution is 5.83. The summed E-state index contributed by atoms with van der Waals surface area (Å²) in [6, 6.07) is 2.67. The van der Waals surface area contributed by atoms with Crippen molar-refractivity contribution >= 4 is 29.7 Å². The molecular formula is C21H28N8O4. The lowest BCUT2D eigenvalue weighted by Gasteiger charge is -2.30. The SMILES string of the molecule is COc1cc(/C=N/Nc2nc(N3CCCCC3)nc(N3CCCCC3)n2)cc([N+](=O)[O-])c1O. The van der Waals surface area contributed by atoms with Crippen LogP contribution in [0.3, 0.4) is 0 Å². The molecule has 12 nitrogen and oxygen atoms in total. The van der Waals surface area contributed by atoms with Crippen molar-refractivity contribution in [3.63, 3.8) is 0 Å². The Labute approximate surface area is 191 Å². The van der Waals surface area contributed by atoms with Crippen LogP contribution in [-0.4, -0.2) is 64.5 Å². The molecule has 2 N–H and O–H groups in total. The maximum Gasteiger partial charge on any atom is 0.315 e. The predicted molar refractivity (Wildman–Crippen MR) is 124 cm³/mol. The molecule has 2 aliphatic heterocycles. The fourth-order valence-electron chi connectivity index (χ4n) is 4.02. The van der Waals surface area contributed by atoms with E-state index in [9.17, 15) is 15.2 Å². The van der Waals surface area contributed by atoms with Gasteiger partial charge in [0.25, 0.3) is 0 Å². The largest absolute Gasteiger partial charge is 0.500 e. The summed E-state index contributed by atoms with van der Waals surface area (Å²) in [6.45, 7) is 3.62. The van der Waals surface area contributed by atoms with Crippen molar-refractivity contribution < 1.29 is 14.8 Å². The number of phenols is 1. The Balaban J connectivity index is 1.58. The molecule has 12 heteroatoms. The monoisotopic (exact) mass is 456 g/mol. The minimum Gasteiger partial charge on any atom is -0.500 e. The Morgan fingerprint density at radius 2 is 1.61 bits per heavy atom. The molecule has 1 aromatic heterocycles. The van der Waals surface area contributed by atoms with Crippen LogP contribution in [-0.2, 0) is 0 Å². The van der Waals surface area contributed by atoms with Gasteiger partial charge in [0.2, 0.25) is 23.6 Å². The van der Waals surface area contributed by atoms with Crippen LogP contribution in [0.2, 0.25) is 0 Å². The Morgan fingerprint density at radius 3 is 2.12 bits per heavy atom. The number of hydrogen-bond acceptors (Lipinski definition) is 11. The van der Waals surface area contributed by atoms with Gasteiger partial charge >= 0.3 is 5.69 Å². The van der Waals surface area contributed by atoms with Gasteiger partial charge in [0.1, 0.15) is 0 Å². The topological polar surface area (TPSA) is 142 Å². The van der Waals surface area contributed by atoms with Gasteiger partial charge in [-0.1, -0.05) is 0 Å². The molecule has 4 rings (SSSR count). The second-order valence-electron chi connectivity index (χ2n) is 8.07. The lowest BCUT2D eigenvalue weighted by molar-refractivity contribution is -0.386. The fraction of sp³-hybridized carbons (Fsp3) is 0.524. The van der Waals surface area contributed by atoms with Gasteiger partial charge in [-0.3, -0.25) is 10.1 Å². The first kappa shape index (κ1) is 22.5. The van der Waals surface area contributed by atoms with E-state index >= 15 is 0 Å². The second kappa shape index (κ2) is 10.3. The molecular weight excluding hydrogens is 428 g/mol. The van der Waals surface area contributed by atoms with Crippen molar-refractivity contribution in [1.82, 2.24) is 15.0 Å². The molecule has 33 heavy (non-hydrogen) atoms. The summed E-state index contributed by atoms with van der Waals surface area (Å²) in [7, 11) is 1.33. The average molecular weight is 457 g/mol. The van der Waals surface area contributed by atoms with Crippen molar-refractivity contribution in [1.29, 1.82) is 0 Å². The molecule has 0 amide bonds. The standard InChI is InChI=1S/C21H28N8O4/c1-33-17-13-15(12-16(18(17)30)29(31)32)14-22-26-19-23-20(27-8-4-2-5-9-27)25-21(24-19)28-10-6-3-7-11-28/h12-14,30H,2-11H2,1H3,(H,23,24,25,26)/b22-14+. The number of nitro groups is 1. The Hall–Kier alpha value is -3.70. The van der Waals surface area contributed by atoms with Crippen LogP contribution >= 0.6 is 0 Å². The summed E-state index contributed by atoms with van der Waals surface area (Å²) in [5, 5.41) is 25.3. The van der Waals surface area contributed by atoms with Crippen molar-refractivity contribution in [3.8, 4) is 11.5 Å². The van der Waals surface area contributed by atoms with Crippen LogP contribution < -0.4 is 20.0 Å². The quantitative estimate of drug-likeness (QED) is 0.363. The molecule has 0 atom stereocenters. The molecule has 0 unspecified atom stereocenters. The molecule has 2 aromatic rings. The van der Waals surface area contributed by atoms with E-state index in [1.54, 1.807) is 0 Å². The van der Waals surface area contributed by atoms with Crippen LogP contribution in [0.5, 0.6) is 11.5 Å². The third-order valence-electron chi connectivity index (χ3n) is 5.76. The third-order valence-corrected chi connectivity index (χ3v) is 5.76. The van der Waals surface area contributed by atoms with Gasteiger partial charge in [-0.2, -0.15) is 20.1 Å². The van der Waals surface area contributed by atoms with Gasteiger partial charge in [0.05, 0.1) is 18.2 Å². The van der Waals surface area contributed by atoms with Crippen molar-refractivity contribution in [3.05, 3.63) is 27.8 Å². The van der Waals surface area contributed by atoms with Gasteiger partial charge in [0, 0.05) is 37.8 Å². The van der Waals surface area contributed by atoms with E-state index in [0.29, 0.717) is 23.4 Å². The van der Waals surface area contributed by atoms with Crippen molar-refractivity contribution in [2.75, 3.05) is 48.5 Å². The Kier molecular flexibility index (Phi) is 7.01. The van der Waals surface area contributed by atoms with E-state index in [0.717, 1.165) is 51.9 Å². The number of hydrazone groups is 1. The molecule has 176 valence electrons. The van der Waals surface area contributed by atoms with Crippen LogP contribution in [0.15, 0.2) is 17.2 Å². The van der Waals surface area contributed by atoms with E-state index < -0.39 is 16.4 Å². The number of methoxy groups -OCH3 is 1. The first-order chi connectivity index (χ1) is 16.0. The number of phenolic OH excluding ortho intramolecular Hbond substituents is 1. The molecule has 1 aromatic carbocycles. The van der Waals surface area contributed by atoms with E-state index in [2.05, 4.69) is 30.3 Å². The number of ether oxygens (including phenoxy) is 1. The second-order valence-corrected chi connectivity index (χ2v) is 8.07. The molecule has 2 saturated heterocycles. The highest BCUT2D eigenvalue weighted by Crippen LogP contribution is 2.36. The summed E-state index contributed by atoms with van der Waals surface area (Å²) in [5.41, 5.74) is 2.75. The zero-order chi connectivity index (χ0) is 23.2. The molecule has 0 saturated carbocycles. The lowest BCUT2D eigenvalue weighted by Crippen LogP contribution is -2.34. The summed E-state index contributed by atoms with van der Waals surface area (Å²) < 4.78 is 5.03. The zero-order valence-corrected chi connectivity index (χ0v) is 18.6. The first-order valence-corrected chi connectivity index (χ1v) is 11.2. The summed E-state index contributed by atoms with van der Waals surface area (Å²) in [4.78, 5) is 28.7. The number of benzene rings is 1. The molecule has 3 heterocycles. The van der Waals surface area contributed by atoms with Crippen LogP contribution in [0.1, 0.15) is 44.1 Å². The fourth-order valence-corrected chi connectivity index (χ4v) is 4.02. The number of nitro benzene ring substituents is 1. The normalized spacial score (nSPS) is 16.8. The van der Waals surface area contributed by atoms with E-state index in [4.69, 9.17) is 9.72 Å². The van der Waals surface area contributed by atoms with Gasteiger partial charge in [-0.15, -0.1) is 0 Å². The van der Waals surface area contributed by atoms with Crippen LogP contribution in [0.4, 0.5) is 23.5 Å².